The van der Waals surface area contributed by atoms with Gasteiger partial charge in [0.05, 0.1) is 23.6 Å². The average molecular weight is 342 g/mol. The number of nitrogens with two attached hydrogens (primary N) is 1. The highest BCUT2D eigenvalue weighted by Crippen LogP contribution is 2.42. The van der Waals surface area contributed by atoms with E-state index in [0.717, 1.165) is 19.2 Å². The van der Waals surface area contributed by atoms with Gasteiger partial charge in [0.2, 0.25) is 0 Å². The van der Waals surface area contributed by atoms with Crippen molar-refractivity contribution in [3.63, 3.8) is 0 Å². The van der Waals surface area contributed by atoms with Gasteiger partial charge in [0.25, 0.3) is 0 Å². The number of carbonyl (C=O) groups is 1. The highest BCUT2D eigenvalue weighted by molar-refractivity contribution is 9.10. The first-order chi connectivity index (χ1) is 8.68. The number of methoxy groups -OCH3 is 1. The van der Waals surface area contributed by atoms with Gasteiger partial charge in [0.1, 0.15) is 5.75 Å². The van der Waals surface area contributed by atoms with Gasteiger partial charge < -0.3 is 15.6 Å². The Morgan fingerprint density at radius 3 is 2.58 bits per heavy atom. The summed E-state index contributed by atoms with van der Waals surface area (Å²) in [6, 6.07) is 0.532. The number of alkyl halides is 3. The second-order valence-electron chi connectivity index (χ2n) is 3.74. The van der Waals surface area contributed by atoms with Crippen LogP contribution >= 0.6 is 15.9 Å². The molecule has 0 aliphatic carbocycles. The third-order valence-corrected chi connectivity index (χ3v) is 3.10. The van der Waals surface area contributed by atoms with Crippen molar-refractivity contribution in [2.45, 2.75) is 18.6 Å². The number of rotatable bonds is 3. The van der Waals surface area contributed by atoms with E-state index >= 15 is 0 Å². The molecule has 0 spiro atoms. The second kappa shape index (κ2) is 5.79. The van der Waals surface area contributed by atoms with Crippen LogP contribution in [0.1, 0.15) is 23.6 Å². The van der Waals surface area contributed by atoms with Gasteiger partial charge in [-0.15, -0.1) is 0 Å². The first kappa shape index (κ1) is 15.8. The Balaban J connectivity index is 3.30. The summed E-state index contributed by atoms with van der Waals surface area (Å²) in [5.41, 5.74) is 3.94. The Hall–Kier alpha value is -1.28. The van der Waals surface area contributed by atoms with Crippen LogP contribution in [0.2, 0.25) is 0 Å². The van der Waals surface area contributed by atoms with Crippen molar-refractivity contribution in [1.29, 1.82) is 0 Å². The number of ether oxygens (including phenoxy) is 1. The number of aromatic hydroxyl groups is 1. The summed E-state index contributed by atoms with van der Waals surface area (Å²) in [6.45, 7) is 0. The highest BCUT2D eigenvalue weighted by Gasteiger charge is 2.37. The minimum atomic E-state index is -4.68. The Morgan fingerprint density at radius 2 is 2.11 bits per heavy atom. The third kappa shape index (κ3) is 3.60. The van der Waals surface area contributed by atoms with E-state index in [1.807, 2.05) is 0 Å². The smallest absolute Gasteiger partial charge is 0.416 e. The molecule has 8 heteroatoms. The molecule has 19 heavy (non-hydrogen) atoms. The van der Waals surface area contributed by atoms with Crippen LogP contribution in [0.4, 0.5) is 13.2 Å². The van der Waals surface area contributed by atoms with Crippen molar-refractivity contribution < 1.29 is 27.8 Å². The zero-order valence-electron chi connectivity index (χ0n) is 9.79. The summed E-state index contributed by atoms with van der Waals surface area (Å²) < 4.78 is 42.9. The van der Waals surface area contributed by atoms with Crippen LogP contribution in [0, 0.1) is 0 Å². The summed E-state index contributed by atoms with van der Waals surface area (Å²) in [4.78, 5) is 11.1. The Morgan fingerprint density at radius 1 is 1.53 bits per heavy atom. The van der Waals surface area contributed by atoms with Gasteiger partial charge >= 0.3 is 12.1 Å². The Kier molecular flexibility index (Phi) is 4.81. The van der Waals surface area contributed by atoms with Crippen molar-refractivity contribution in [3.8, 4) is 5.75 Å². The molecule has 1 rings (SSSR count). The molecule has 1 aromatic rings. The quantitative estimate of drug-likeness (QED) is 0.829. The van der Waals surface area contributed by atoms with E-state index < -0.39 is 41.5 Å². The first-order valence-corrected chi connectivity index (χ1v) is 5.88. The van der Waals surface area contributed by atoms with E-state index in [9.17, 15) is 23.1 Å². The molecule has 0 aromatic heterocycles. The van der Waals surface area contributed by atoms with Crippen LogP contribution in [-0.4, -0.2) is 18.2 Å². The van der Waals surface area contributed by atoms with E-state index in [-0.39, 0.29) is 4.47 Å². The van der Waals surface area contributed by atoms with Gasteiger partial charge in [-0.3, -0.25) is 4.79 Å². The van der Waals surface area contributed by atoms with E-state index in [1.54, 1.807) is 0 Å². The molecule has 0 heterocycles. The maximum Gasteiger partial charge on any atom is 0.416 e. The van der Waals surface area contributed by atoms with Crippen molar-refractivity contribution >= 4 is 21.9 Å². The molecule has 0 saturated carbocycles. The van der Waals surface area contributed by atoms with Crippen LogP contribution in [0.15, 0.2) is 16.6 Å². The molecule has 0 aliphatic heterocycles. The maximum absolute atomic E-state index is 12.8. The predicted molar refractivity (Wildman–Crippen MR) is 64.4 cm³/mol. The van der Waals surface area contributed by atoms with Gasteiger partial charge in [0, 0.05) is 11.6 Å². The number of hydrogen-bond donors (Lipinski definition) is 2. The number of benzene rings is 1. The molecule has 0 fully saturated rings. The highest BCUT2D eigenvalue weighted by atomic mass is 79.9. The number of hydrogen-bond acceptors (Lipinski definition) is 4. The van der Waals surface area contributed by atoms with Crippen LogP contribution in [0.25, 0.3) is 0 Å². The van der Waals surface area contributed by atoms with Gasteiger partial charge in [-0.2, -0.15) is 13.2 Å². The minimum Gasteiger partial charge on any atom is -0.506 e. The summed E-state index contributed by atoms with van der Waals surface area (Å²) in [5.74, 6) is -1.40. The summed E-state index contributed by atoms with van der Waals surface area (Å²) >= 11 is 2.91. The lowest BCUT2D eigenvalue weighted by Gasteiger charge is -2.19. The number of phenolic OH excluding ortho intramolecular Hbond substituents is 1. The maximum atomic E-state index is 12.8. The predicted octanol–water partition coefficient (Wildman–Crippen LogP) is 2.74. The monoisotopic (exact) mass is 341 g/mol. The van der Waals surface area contributed by atoms with E-state index in [4.69, 9.17) is 5.73 Å². The largest absolute Gasteiger partial charge is 0.506 e. The molecular formula is C11H11BrF3NO3. The number of phenols is 1. The van der Waals surface area contributed by atoms with Crippen molar-refractivity contribution in [3.05, 3.63) is 27.7 Å². The average Bonchev–Trinajstić information content (AvgIpc) is 2.30. The van der Waals surface area contributed by atoms with Crippen molar-refractivity contribution in [1.82, 2.24) is 0 Å². The Labute approximate surface area is 115 Å². The topological polar surface area (TPSA) is 72.5 Å². The van der Waals surface area contributed by atoms with E-state index in [0.29, 0.717) is 0 Å². The third-order valence-electron chi connectivity index (χ3n) is 2.46. The number of carbonyl (C=O) groups excluding carboxylic acids is 1. The van der Waals surface area contributed by atoms with Gasteiger partial charge in [-0.05, 0) is 28.1 Å². The van der Waals surface area contributed by atoms with Crippen LogP contribution in [0.5, 0.6) is 5.75 Å². The molecular weight excluding hydrogens is 331 g/mol. The van der Waals surface area contributed by atoms with E-state index in [1.165, 1.54) is 0 Å². The summed E-state index contributed by atoms with van der Waals surface area (Å²) in [6.07, 6.45) is -5.15. The Bertz CT molecular complexity index is 491. The first-order valence-electron chi connectivity index (χ1n) is 5.09. The molecule has 0 saturated heterocycles. The summed E-state index contributed by atoms with van der Waals surface area (Å²) in [5, 5.41) is 9.72. The van der Waals surface area contributed by atoms with Gasteiger partial charge in [-0.1, -0.05) is 0 Å². The van der Waals surface area contributed by atoms with Gasteiger partial charge in [-0.25, -0.2) is 0 Å². The van der Waals surface area contributed by atoms with Gasteiger partial charge in [0.15, 0.2) is 0 Å². The van der Waals surface area contributed by atoms with Crippen LogP contribution < -0.4 is 5.73 Å². The fourth-order valence-corrected chi connectivity index (χ4v) is 1.91. The molecule has 0 unspecified atom stereocenters. The number of halogens is 4. The molecule has 0 radical (unpaired) electrons. The van der Waals surface area contributed by atoms with Crippen LogP contribution in [-0.2, 0) is 15.7 Å². The normalized spacial score (nSPS) is 13.2. The summed E-state index contributed by atoms with van der Waals surface area (Å²) in [7, 11) is 1.10. The molecule has 1 atom stereocenters. The van der Waals surface area contributed by atoms with E-state index in [2.05, 4.69) is 20.7 Å². The lowest BCUT2D eigenvalue weighted by atomic mass is 9.97. The second-order valence-corrected chi connectivity index (χ2v) is 4.60. The molecule has 0 aliphatic rings. The zero-order valence-corrected chi connectivity index (χ0v) is 11.4. The van der Waals surface area contributed by atoms with Crippen molar-refractivity contribution in [2.24, 2.45) is 5.73 Å². The SMILES string of the molecule is COC(=O)C[C@H](N)c1c(C(F)(F)F)ccc(Br)c1O. The fraction of sp³-hybridized carbons (Fsp3) is 0.364. The van der Waals surface area contributed by atoms with Crippen LogP contribution in [0.3, 0.4) is 0 Å². The standard InChI is InChI=1S/C11H11BrF3NO3/c1-19-8(17)4-7(16)9-5(11(13,14)15)2-3-6(12)10(9)18/h2-3,7,18H,4,16H2,1H3/t7-/m0/s1. The molecule has 4 nitrogen and oxygen atoms in total. The molecule has 106 valence electrons. The lowest BCUT2D eigenvalue weighted by molar-refractivity contribution is -0.142. The molecule has 0 amide bonds. The lowest BCUT2D eigenvalue weighted by Crippen LogP contribution is -2.21. The number of esters is 1. The van der Waals surface area contributed by atoms with Crippen molar-refractivity contribution in [2.75, 3.05) is 7.11 Å². The fourth-order valence-electron chi connectivity index (χ4n) is 1.57. The minimum absolute atomic E-state index is 0.0656. The molecule has 1 aromatic carbocycles. The molecule has 0 bridgehead atoms. The zero-order chi connectivity index (χ0) is 14.8. The molecule has 3 N–H and O–H groups in total.